The second kappa shape index (κ2) is 10.5. The van der Waals surface area contributed by atoms with E-state index in [2.05, 4.69) is 29.0 Å². The van der Waals surface area contributed by atoms with Crippen molar-refractivity contribution in [2.24, 2.45) is 0 Å². The number of thioether (sulfide) groups is 1. The molecule has 0 aliphatic heterocycles. The zero-order valence-corrected chi connectivity index (χ0v) is 18.4. The molecule has 2 aromatic carbocycles. The Bertz CT molecular complexity index is 1100. The minimum Gasteiger partial charge on any atom is -0.353 e. The number of fused-ring (bicyclic) bond motifs is 1. The molecule has 5 nitrogen and oxygen atoms in total. The van der Waals surface area contributed by atoms with Crippen molar-refractivity contribution in [1.29, 1.82) is 0 Å². The van der Waals surface area contributed by atoms with Gasteiger partial charge >= 0.3 is 0 Å². The number of hydrogen-bond donors (Lipinski definition) is 1. The van der Waals surface area contributed by atoms with Crippen molar-refractivity contribution in [3.05, 3.63) is 82.1 Å². The fourth-order valence-electron chi connectivity index (χ4n) is 3.12. The highest BCUT2D eigenvalue weighted by molar-refractivity contribution is 7.99. The molecule has 0 aliphatic carbocycles. The molecule has 0 aliphatic rings. The summed E-state index contributed by atoms with van der Waals surface area (Å²) in [5, 5.41) is 4.49. The van der Waals surface area contributed by atoms with E-state index >= 15 is 0 Å². The Morgan fingerprint density at radius 1 is 1.30 bits per heavy atom. The standard InChI is InChI=1S/C23H24ClN3O2S/c1-3-13-27-22(29)19-12-11-18(24)14-20(19)26-23(27)30-15-21(28)25-16(2)9-10-17-7-5-4-6-8-17/h3-8,11-12,14,16H,1,9-10,13,15H2,2H3,(H,25,28). The molecular weight excluding hydrogens is 418 g/mol. The van der Waals surface area contributed by atoms with Crippen LogP contribution in [0.5, 0.6) is 0 Å². The van der Waals surface area contributed by atoms with Crippen molar-refractivity contribution >= 4 is 40.2 Å². The summed E-state index contributed by atoms with van der Waals surface area (Å²) in [4.78, 5) is 29.8. The third-order valence-corrected chi connectivity index (χ3v) is 5.85. The molecule has 0 fully saturated rings. The Morgan fingerprint density at radius 2 is 2.07 bits per heavy atom. The first-order valence-electron chi connectivity index (χ1n) is 9.75. The molecule has 3 rings (SSSR count). The number of hydrogen-bond acceptors (Lipinski definition) is 4. The summed E-state index contributed by atoms with van der Waals surface area (Å²) >= 11 is 7.28. The summed E-state index contributed by atoms with van der Waals surface area (Å²) in [6.45, 7) is 6.03. The Balaban J connectivity index is 1.65. The Labute approximate surface area is 185 Å². The smallest absolute Gasteiger partial charge is 0.262 e. The van der Waals surface area contributed by atoms with E-state index in [1.165, 1.54) is 21.9 Å². The first-order valence-corrected chi connectivity index (χ1v) is 11.1. The maximum atomic E-state index is 12.8. The number of aromatic nitrogens is 2. The quantitative estimate of drug-likeness (QED) is 0.302. The van der Waals surface area contributed by atoms with Crippen LogP contribution in [0.1, 0.15) is 18.9 Å². The van der Waals surface area contributed by atoms with Gasteiger partial charge in [-0.15, -0.1) is 6.58 Å². The van der Waals surface area contributed by atoms with E-state index in [0.29, 0.717) is 27.6 Å². The number of aryl methyl sites for hydroxylation is 1. The minimum absolute atomic E-state index is 0.0528. The third-order valence-electron chi connectivity index (χ3n) is 4.64. The molecule has 1 atom stereocenters. The van der Waals surface area contributed by atoms with E-state index in [0.717, 1.165) is 12.8 Å². The Morgan fingerprint density at radius 3 is 2.80 bits per heavy atom. The van der Waals surface area contributed by atoms with Crippen LogP contribution in [0.25, 0.3) is 10.9 Å². The van der Waals surface area contributed by atoms with Gasteiger partial charge in [0.25, 0.3) is 5.56 Å². The minimum atomic E-state index is -0.171. The second-order valence-corrected chi connectivity index (χ2v) is 8.42. The van der Waals surface area contributed by atoms with Gasteiger partial charge in [0, 0.05) is 17.6 Å². The van der Waals surface area contributed by atoms with Crippen molar-refractivity contribution < 1.29 is 4.79 Å². The molecule has 0 spiro atoms. The van der Waals surface area contributed by atoms with Crippen LogP contribution in [0.4, 0.5) is 0 Å². The first-order chi connectivity index (χ1) is 14.5. The summed E-state index contributed by atoms with van der Waals surface area (Å²) in [7, 11) is 0. The zero-order valence-electron chi connectivity index (χ0n) is 16.8. The average Bonchev–Trinajstić information content (AvgIpc) is 2.73. The van der Waals surface area contributed by atoms with Gasteiger partial charge < -0.3 is 5.32 Å². The van der Waals surface area contributed by atoms with E-state index in [9.17, 15) is 9.59 Å². The third kappa shape index (κ3) is 5.74. The van der Waals surface area contributed by atoms with Gasteiger partial charge in [-0.1, -0.05) is 59.8 Å². The normalized spacial score (nSPS) is 11.9. The number of benzene rings is 2. The van der Waals surface area contributed by atoms with Crippen LogP contribution in [0.15, 0.2) is 71.1 Å². The first kappa shape index (κ1) is 22.1. The van der Waals surface area contributed by atoms with Gasteiger partial charge in [-0.25, -0.2) is 4.98 Å². The lowest BCUT2D eigenvalue weighted by molar-refractivity contribution is -0.119. The molecular formula is C23H24ClN3O2S. The number of halogens is 1. The molecule has 0 saturated carbocycles. The number of carbonyl (C=O) groups excluding carboxylic acids is 1. The SMILES string of the molecule is C=CCn1c(SCC(=O)NC(C)CCc2ccccc2)nc2cc(Cl)ccc2c1=O. The largest absolute Gasteiger partial charge is 0.353 e. The van der Waals surface area contributed by atoms with Gasteiger partial charge in [-0.2, -0.15) is 0 Å². The van der Waals surface area contributed by atoms with Crippen LogP contribution < -0.4 is 10.9 Å². The maximum absolute atomic E-state index is 12.8. The second-order valence-electron chi connectivity index (χ2n) is 7.04. The van der Waals surface area contributed by atoms with Crippen LogP contribution >= 0.6 is 23.4 Å². The van der Waals surface area contributed by atoms with E-state index in [4.69, 9.17) is 11.6 Å². The van der Waals surface area contributed by atoms with Crippen molar-refractivity contribution in [1.82, 2.24) is 14.9 Å². The maximum Gasteiger partial charge on any atom is 0.262 e. The zero-order chi connectivity index (χ0) is 21.5. The summed E-state index contributed by atoms with van der Waals surface area (Å²) in [6, 6.07) is 15.2. The van der Waals surface area contributed by atoms with Gasteiger partial charge in [0.15, 0.2) is 5.16 Å². The molecule has 30 heavy (non-hydrogen) atoms. The molecule has 1 amide bonds. The van der Waals surface area contributed by atoms with E-state index < -0.39 is 0 Å². The number of nitrogens with one attached hydrogen (secondary N) is 1. The Kier molecular flexibility index (Phi) is 7.71. The summed E-state index contributed by atoms with van der Waals surface area (Å²) in [5.74, 6) is 0.0804. The predicted molar refractivity (Wildman–Crippen MR) is 124 cm³/mol. The van der Waals surface area contributed by atoms with Crippen molar-refractivity contribution in [3.63, 3.8) is 0 Å². The lowest BCUT2D eigenvalue weighted by Crippen LogP contribution is -2.34. The number of nitrogens with zero attached hydrogens (tertiary/aromatic N) is 2. The summed E-state index contributed by atoms with van der Waals surface area (Å²) in [5.41, 5.74) is 1.60. The van der Waals surface area contributed by atoms with Crippen LogP contribution in [0.3, 0.4) is 0 Å². The molecule has 3 aromatic rings. The lowest BCUT2D eigenvalue weighted by Gasteiger charge is -2.15. The highest BCUT2D eigenvalue weighted by atomic mass is 35.5. The molecule has 1 aromatic heterocycles. The highest BCUT2D eigenvalue weighted by Gasteiger charge is 2.14. The van der Waals surface area contributed by atoms with Gasteiger partial charge in [0.05, 0.1) is 16.7 Å². The molecule has 0 saturated heterocycles. The number of allylic oxidation sites excluding steroid dienone is 1. The molecule has 0 bridgehead atoms. The fourth-order valence-corrected chi connectivity index (χ4v) is 4.11. The summed E-state index contributed by atoms with van der Waals surface area (Å²) in [6.07, 6.45) is 3.40. The number of rotatable bonds is 9. The van der Waals surface area contributed by atoms with Crippen LogP contribution in [0, 0.1) is 0 Å². The number of amides is 1. The van der Waals surface area contributed by atoms with E-state index in [1.807, 2.05) is 25.1 Å². The van der Waals surface area contributed by atoms with Gasteiger partial charge in [-0.3, -0.25) is 14.2 Å². The van der Waals surface area contributed by atoms with Crippen molar-refractivity contribution in [2.75, 3.05) is 5.75 Å². The molecule has 1 heterocycles. The average molecular weight is 442 g/mol. The van der Waals surface area contributed by atoms with Crippen LogP contribution in [-0.2, 0) is 17.8 Å². The molecule has 1 N–H and O–H groups in total. The van der Waals surface area contributed by atoms with E-state index in [-0.39, 0.29) is 23.3 Å². The van der Waals surface area contributed by atoms with Gasteiger partial charge in [-0.05, 0) is 43.5 Å². The molecule has 156 valence electrons. The van der Waals surface area contributed by atoms with Gasteiger partial charge in [0.1, 0.15) is 0 Å². The summed E-state index contributed by atoms with van der Waals surface area (Å²) < 4.78 is 1.53. The molecule has 1 unspecified atom stereocenters. The molecule has 0 radical (unpaired) electrons. The number of carbonyl (C=O) groups is 1. The van der Waals surface area contributed by atoms with E-state index in [1.54, 1.807) is 24.3 Å². The lowest BCUT2D eigenvalue weighted by atomic mass is 10.1. The molecule has 7 heteroatoms. The van der Waals surface area contributed by atoms with Crippen LogP contribution in [0.2, 0.25) is 5.02 Å². The fraction of sp³-hybridized carbons (Fsp3) is 0.261. The van der Waals surface area contributed by atoms with Crippen LogP contribution in [-0.4, -0.2) is 27.3 Å². The Hall–Kier alpha value is -2.57. The van der Waals surface area contributed by atoms with Crippen molar-refractivity contribution in [2.45, 2.75) is 37.5 Å². The highest BCUT2D eigenvalue weighted by Crippen LogP contribution is 2.20. The van der Waals surface area contributed by atoms with Crippen molar-refractivity contribution in [3.8, 4) is 0 Å². The predicted octanol–water partition coefficient (Wildman–Crippen LogP) is 4.47. The monoisotopic (exact) mass is 441 g/mol. The topological polar surface area (TPSA) is 64.0 Å². The van der Waals surface area contributed by atoms with Gasteiger partial charge in [0.2, 0.25) is 5.91 Å².